The lowest BCUT2D eigenvalue weighted by molar-refractivity contribution is -0.402. The van der Waals surface area contributed by atoms with Gasteiger partial charge in [-0.2, -0.15) is 5.10 Å². The van der Waals surface area contributed by atoms with Crippen molar-refractivity contribution in [1.29, 1.82) is 0 Å². The van der Waals surface area contributed by atoms with E-state index in [9.17, 15) is 10.1 Å². The van der Waals surface area contributed by atoms with Crippen molar-refractivity contribution >= 4 is 5.88 Å². The second-order valence-electron chi connectivity index (χ2n) is 3.03. The number of H-pyrrole nitrogens is 1. The zero-order chi connectivity index (χ0) is 11.4. The van der Waals surface area contributed by atoms with Crippen LogP contribution in [0.15, 0.2) is 22.9 Å². The first-order valence-corrected chi connectivity index (χ1v) is 4.54. The smallest absolute Gasteiger partial charge is 0.404 e. The van der Waals surface area contributed by atoms with E-state index in [1.165, 1.54) is 12.4 Å². The van der Waals surface area contributed by atoms with E-state index < -0.39 is 4.92 Å². The van der Waals surface area contributed by atoms with Gasteiger partial charge in [0, 0.05) is 0 Å². The number of hydrogen-bond acceptors (Lipinski definition) is 6. The van der Waals surface area contributed by atoms with Crippen molar-refractivity contribution in [1.82, 2.24) is 20.5 Å². The van der Waals surface area contributed by atoms with Crippen LogP contribution in [0, 0.1) is 10.1 Å². The molecule has 0 aromatic carbocycles. The zero-order valence-corrected chi connectivity index (χ0v) is 8.21. The quantitative estimate of drug-likeness (QED) is 0.567. The molecule has 8 nitrogen and oxygen atoms in total. The largest absolute Gasteiger partial charge is 0.433 e. The molecule has 0 aliphatic rings. The van der Waals surface area contributed by atoms with Gasteiger partial charge in [0.1, 0.15) is 22.8 Å². The number of nitro groups is 1. The van der Waals surface area contributed by atoms with Gasteiger partial charge in [0.15, 0.2) is 0 Å². The maximum absolute atomic E-state index is 10.3. The molecule has 8 heteroatoms. The normalized spacial score (nSPS) is 10.5. The lowest BCUT2D eigenvalue weighted by Gasteiger charge is -1.97. The molecule has 0 saturated carbocycles. The monoisotopic (exact) mass is 223 g/mol. The van der Waals surface area contributed by atoms with Crippen molar-refractivity contribution in [2.24, 2.45) is 0 Å². The summed E-state index contributed by atoms with van der Waals surface area (Å²) in [5.74, 6) is 0.948. The standard InChI is InChI=1S/C8H9N5O3/c14-13(15)8-2-1-6(16-8)3-9-4-7-10-5-11-12-7/h1-2,5,9H,3-4H2,(H,10,11,12). The van der Waals surface area contributed by atoms with Crippen LogP contribution in [-0.2, 0) is 13.1 Å². The van der Waals surface area contributed by atoms with Gasteiger partial charge in [-0.15, -0.1) is 0 Å². The number of aromatic nitrogens is 3. The van der Waals surface area contributed by atoms with Crippen LogP contribution in [0.3, 0.4) is 0 Å². The van der Waals surface area contributed by atoms with Crippen molar-refractivity contribution in [2.45, 2.75) is 13.1 Å². The van der Waals surface area contributed by atoms with Crippen LogP contribution in [-0.4, -0.2) is 20.1 Å². The summed E-state index contributed by atoms with van der Waals surface area (Å²) >= 11 is 0. The number of hydrogen-bond donors (Lipinski definition) is 2. The second kappa shape index (κ2) is 4.53. The van der Waals surface area contributed by atoms with E-state index in [4.69, 9.17) is 4.42 Å². The number of rotatable bonds is 5. The third-order valence-corrected chi connectivity index (χ3v) is 1.88. The second-order valence-corrected chi connectivity index (χ2v) is 3.03. The molecule has 2 heterocycles. The average Bonchev–Trinajstić information content (AvgIpc) is 2.87. The van der Waals surface area contributed by atoms with Crippen LogP contribution in [0.4, 0.5) is 5.88 Å². The molecule has 0 atom stereocenters. The third kappa shape index (κ3) is 2.42. The Morgan fingerprint density at radius 3 is 3.00 bits per heavy atom. The van der Waals surface area contributed by atoms with Crippen molar-refractivity contribution in [3.63, 3.8) is 0 Å². The zero-order valence-electron chi connectivity index (χ0n) is 8.21. The molecule has 0 spiro atoms. The van der Waals surface area contributed by atoms with Crippen molar-refractivity contribution in [3.8, 4) is 0 Å². The SMILES string of the molecule is O=[N+]([O-])c1ccc(CNCc2ncn[nH]2)o1. The highest BCUT2D eigenvalue weighted by Gasteiger charge is 2.11. The topological polar surface area (TPSA) is 110 Å². The van der Waals surface area contributed by atoms with Crippen LogP contribution < -0.4 is 5.32 Å². The van der Waals surface area contributed by atoms with Gasteiger partial charge in [-0.1, -0.05) is 0 Å². The molecule has 2 aromatic rings. The minimum atomic E-state index is -0.569. The van der Waals surface area contributed by atoms with E-state index in [1.54, 1.807) is 6.07 Å². The maximum Gasteiger partial charge on any atom is 0.433 e. The van der Waals surface area contributed by atoms with E-state index in [1.807, 2.05) is 0 Å². The first-order valence-electron chi connectivity index (χ1n) is 4.54. The Morgan fingerprint density at radius 1 is 1.50 bits per heavy atom. The Bertz CT molecular complexity index is 464. The molecule has 0 amide bonds. The summed E-state index contributed by atoms with van der Waals surface area (Å²) in [6.45, 7) is 0.892. The lowest BCUT2D eigenvalue weighted by atomic mass is 10.4. The molecule has 0 saturated heterocycles. The van der Waals surface area contributed by atoms with Gasteiger partial charge in [0.05, 0.1) is 19.2 Å². The van der Waals surface area contributed by atoms with E-state index >= 15 is 0 Å². The first-order chi connectivity index (χ1) is 7.75. The Hall–Kier alpha value is -2.22. The molecule has 84 valence electrons. The van der Waals surface area contributed by atoms with Crippen molar-refractivity contribution in [2.75, 3.05) is 0 Å². The van der Waals surface area contributed by atoms with Gasteiger partial charge in [0.2, 0.25) is 0 Å². The van der Waals surface area contributed by atoms with E-state index in [2.05, 4.69) is 20.5 Å². The summed E-state index contributed by atoms with van der Waals surface area (Å²) in [5.41, 5.74) is 0. The molecule has 0 fully saturated rings. The maximum atomic E-state index is 10.3. The van der Waals surface area contributed by atoms with Gasteiger partial charge in [-0.25, -0.2) is 4.98 Å². The molecular formula is C8H9N5O3. The van der Waals surface area contributed by atoms with E-state index in [0.717, 1.165) is 0 Å². The van der Waals surface area contributed by atoms with E-state index in [0.29, 0.717) is 24.7 Å². The molecule has 2 N–H and O–H groups in total. The van der Waals surface area contributed by atoms with Gasteiger partial charge in [0.25, 0.3) is 0 Å². The van der Waals surface area contributed by atoms with Gasteiger partial charge in [-0.05, 0) is 6.07 Å². The highest BCUT2D eigenvalue weighted by molar-refractivity contribution is 5.17. The van der Waals surface area contributed by atoms with Crippen molar-refractivity contribution in [3.05, 3.63) is 40.2 Å². The molecule has 16 heavy (non-hydrogen) atoms. The average molecular weight is 223 g/mol. The third-order valence-electron chi connectivity index (χ3n) is 1.88. The predicted molar refractivity (Wildman–Crippen MR) is 52.3 cm³/mol. The molecule has 0 unspecified atom stereocenters. The van der Waals surface area contributed by atoms with Crippen LogP contribution in [0.5, 0.6) is 0 Å². The number of nitrogens with zero attached hydrogens (tertiary/aromatic N) is 3. The molecular weight excluding hydrogens is 214 g/mol. The summed E-state index contributed by atoms with van der Waals surface area (Å²) in [5, 5.41) is 19.7. The van der Waals surface area contributed by atoms with E-state index in [-0.39, 0.29) is 5.88 Å². The summed E-state index contributed by atoms with van der Waals surface area (Å²) in [6.07, 6.45) is 1.41. The highest BCUT2D eigenvalue weighted by atomic mass is 16.6. The fourth-order valence-electron chi connectivity index (χ4n) is 1.18. The van der Waals surface area contributed by atoms with Crippen LogP contribution in [0.1, 0.15) is 11.6 Å². The Labute approximate surface area is 89.8 Å². The number of nitrogens with one attached hydrogen (secondary N) is 2. The van der Waals surface area contributed by atoms with Gasteiger partial charge < -0.3 is 9.73 Å². The highest BCUT2D eigenvalue weighted by Crippen LogP contribution is 2.15. The molecule has 2 rings (SSSR count). The molecule has 2 aromatic heterocycles. The van der Waals surface area contributed by atoms with Crippen LogP contribution in [0.25, 0.3) is 0 Å². The molecule has 0 bridgehead atoms. The van der Waals surface area contributed by atoms with Crippen LogP contribution in [0.2, 0.25) is 0 Å². The summed E-state index contributed by atoms with van der Waals surface area (Å²) in [7, 11) is 0. The molecule has 0 aliphatic heterocycles. The summed E-state index contributed by atoms with van der Waals surface area (Å²) < 4.78 is 4.96. The minimum absolute atomic E-state index is 0.253. The number of aromatic amines is 1. The Morgan fingerprint density at radius 2 is 2.38 bits per heavy atom. The first kappa shape index (κ1) is 10.3. The molecule has 0 radical (unpaired) electrons. The minimum Gasteiger partial charge on any atom is -0.404 e. The Balaban J connectivity index is 1.83. The molecule has 0 aliphatic carbocycles. The van der Waals surface area contributed by atoms with Gasteiger partial charge >= 0.3 is 5.88 Å². The summed E-state index contributed by atoms with van der Waals surface area (Å²) in [6, 6.07) is 2.89. The van der Waals surface area contributed by atoms with Crippen molar-refractivity contribution < 1.29 is 9.34 Å². The number of furan rings is 1. The fraction of sp³-hybridized carbons (Fsp3) is 0.250. The fourth-order valence-corrected chi connectivity index (χ4v) is 1.18. The lowest BCUT2D eigenvalue weighted by Crippen LogP contribution is -2.13. The predicted octanol–water partition coefficient (Wildman–Crippen LogP) is 0.596. The Kier molecular flexibility index (Phi) is 2.92. The van der Waals surface area contributed by atoms with Gasteiger partial charge in [-0.3, -0.25) is 15.2 Å². The summed E-state index contributed by atoms with van der Waals surface area (Å²) in [4.78, 5) is 13.7. The van der Waals surface area contributed by atoms with Crippen LogP contribution >= 0.6 is 0 Å².